The number of carbonyl (C=O) groups excluding carboxylic acids is 1. The summed E-state index contributed by atoms with van der Waals surface area (Å²) < 4.78 is 9.95. The van der Waals surface area contributed by atoms with Crippen molar-refractivity contribution in [2.45, 2.75) is 18.3 Å². The van der Waals surface area contributed by atoms with E-state index in [4.69, 9.17) is 21.1 Å². The van der Waals surface area contributed by atoms with E-state index in [1.807, 2.05) is 30.3 Å². The molecule has 1 fully saturated rings. The molecule has 4 heteroatoms. The lowest BCUT2D eigenvalue weighted by Gasteiger charge is -2.07. The molecule has 0 bridgehead atoms. The van der Waals surface area contributed by atoms with Crippen LogP contribution in [0.25, 0.3) is 0 Å². The summed E-state index contributed by atoms with van der Waals surface area (Å²) >= 11 is 6.35. The van der Waals surface area contributed by atoms with Gasteiger partial charge in [0.25, 0.3) is 0 Å². The Morgan fingerprint density at radius 3 is 2.64 bits per heavy atom. The van der Waals surface area contributed by atoms with Crippen LogP contribution in [0.3, 0.4) is 0 Å². The van der Waals surface area contributed by atoms with Gasteiger partial charge in [-0.2, -0.15) is 0 Å². The van der Waals surface area contributed by atoms with E-state index in [-0.39, 0.29) is 5.97 Å². The van der Waals surface area contributed by atoms with Crippen molar-refractivity contribution in [3.63, 3.8) is 0 Å². The average Bonchev–Trinajstić information content (AvgIpc) is 3.34. The van der Waals surface area contributed by atoms with Gasteiger partial charge in [0.15, 0.2) is 0 Å². The molecule has 114 valence electrons. The minimum absolute atomic E-state index is 0.304. The first-order chi connectivity index (χ1) is 10.6. The molecule has 0 amide bonds. The molecule has 0 spiro atoms. The molecule has 0 saturated heterocycles. The first kappa shape index (κ1) is 14.9. The largest absolute Gasteiger partial charge is 0.497 e. The van der Waals surface area contributed by atoms with Crippen molar-refractivity contribution in [3.8, 4) is 5.75 Å². The number of rotatable bonds is 4. The Kier molecular flexibility index (Phi) is 4.08. The van der Waals surface area contributed by atoms with E-state index in [0.717, 1.165) is 28.3 Å². The van der Waals surface area contributed by atoms with E-state index in [1.54, 1.807) is 13.2 Å². The van der Waals surface area contributed by atoms with Crippen LogP contribution in [-0.2, 0) is 4.74 Å². The van der Waals surface area contributed by atoms with Crippen LogP contribution in [0.5, 0.6) is 5.75 Å². The van der Waals surface area contributed by atoms with E-state index in [0.29, 0.717) is 17.4 Å². The second kappa shape index (κ2) is 6.01. The number of halogens is 1. The van der Waals surface area contributed by atoms with E-state index in [9.17, 15) is 4.79 Å². The van der Waals surface area contributed by atoms with Gasteiger partial charge in [-0.25, -0.2) is 4.79 Å². The van der Waals surface area contributed by atoms with Crippen LogP contribution in [0.4, 0.5) is 0 Å². The molecule has 1 saturated carbocycles. The minimum Gasteiger partial charge on any atom is -0.497 e. The van der Waals surface area contributed by atoms with Gasteiger partial charge < -0.3 is 9.47 Å². The van der Waals surface area contributed by atoms with Gasteiger partial charge in [-0.1, -0.05) is 29.8 Å². The number of hydrogen-bond donors (Lipinski definition) is 0. The Balaban J connectivity index is 1.81. The summed E-state index contributed by atoms with van der Waals surface area (Å²) in [5.41, 5.74) is 2.88. The number of benzene rings is 2. The molecule has 2 aromatic rings. The molecule has 3 nitrogen and oxygen atoms in total. The van der Waals surface area contributed by atoms with Crippen LogP contribution >= 0.6 is 11.6 Å². The Morgan fingerprint density at radius 2 is 1.95 bits per heavy atom. The molecular formula is C18H17ClO3. The standard InChI is InChI=1S/C18H17ClO3/c1-21-13-6-7-14(17(19)9-13)16-10-15(16)11-4-3-5-12(8-11)18(20)22-2/h3-9,15-16H,10H2,1-2H3. The number of carbonyl (C=O) groups is 1. The predicted octanol–water partition coefficient (Wildman–Crippen LogP) is 4.41. The highest BCUT2D eigenvalue weighted by molar-refractivity contribution is 6.31. The maximum Gasteiger partial charge on any atom is 0.337 e. The van der Waals surface area contributed by atoms with Gasteiger partial charge in [-0.3, -0.25) is 0 Å². The van der Waals surface area contributed by atoms with Crippen molar-refractivity contribution in [2.75, 3.05) is 14.2 Å². The number of hydrogen-bond acceptors (Lipinski definition) is 3. The zero-order valence-corrected chi connectivity index (χ0v) is 13.3. The average molecular weight is 317 g/mol. The summed E-state index contributed by atoms with van der Waals surface area (Å²) in [5.74, 6) is 1.25. The molecule has 0 N–H and O–H groups in total. The lowest BCUT2D eigenvalue weighted by Crippen LogP contribution is -2.01. The Labute approximate surface area is 134 Å². The normalized spacial score (nSPS) is 19.6. The smallest absolute Gasteiger partial charge is 0.337 e. The molecule has 3 rings (SSSR count). The van der Waals surface area contributed by atoms with Gasteiger partial charge in [0.2, 0.25) is 0 Å². The van der Waals surface area contributed by atoms with Crippen molar-refractivity contribution in [1.82, 2.24) is 0 Å². The van der Waals surface area contributed by atoms with Crippen molar-refractivity contribution >= 4 is 17.6 Å². The van der Waals surface area contributed by atoms with E-state index in [2.05, 4.69) is 6.07 Å². The fourth-order valence-electron chi connectivity index (χ4n) is 2.86. The van der Waals surface area contributed by atoms with Gasteiger partial charge in [0.1, 0.15) is 5.75 Å². The van der Waals surface area contributed by atoms with Crippen LogP contribution in [0.2, 0.25) is 5.02 Å². The first-order valence-electron chi connectivity index (χ1n) is 7.15. The van der Waals surface area contributed by atoms with Gasteiger partial charge >= 0.3 is 5.97 Å². The second-order valence-corrected chi connectivity index (χ2v) is 5.86. The second-order valence-electron chi connectivity index (χ2n) is 5.45. The van der Waals surface area contributed by atoms with E-state index >= 15 is 0 Å². The van der Waals surface area contributed by atoms with Gasteiger partial charge in [-0.05, 0) is 53.6 Å². The number of esters is 1. The van der Waals surface area contributed by atoms with Crippen LogP contribution < -0.4 is 4.74 Å². The third-order valence-electron chi connectivity index (χ3n) is 4.13. The summed E-state index contributed by atoms with van der Waals surface area (Å²) in [7, 11) is 3.02. The third-order valence-corrected chi connectivity index (χ3v) is 4.46. The predicted molar refractivity (Wildman–Crippen MR) is 85.9 cm³/mol. The molecular weight excluding hydrogens is 300 g/mol. The fraction of sp³-hybridized carbons (Fsp3) is 0.278. The topological polar surface area (TPSA) is 35.5 Å². The van der Waals surface area contributed by atoms with Crippen molar-refractivity contribution in [1.29, 1.82) is 0 Å². The van der Waals surface area contributed by atoms with Crippen molar-refractivity contribution in [2.24, 2.45) is 0 Å². The maximum absolute atomic E-state index is 11.6. The Bertz CT molecular complexity index is 711. The summed E-state index contributed by atoms with van der Waals surface area (Å²) in [5, 5.41) is 0.732. The lowest BCUT2D eigenvalue weighted by molar-refractivity contribution is 0.0600. The summed E-state index contributed by atoms with van der Waals surface area (Å²) in [6.07, 6.45) is 1.04. The molecule has 0 radical (unpaired) electrons. The van der Waals surface area contributed by atoms with E-state index < -0.39 is 0 Å². The lowest BCUT2D eigenvalue weighted by atomic mass is 10.0. The molecule has 2 aromatic carbocycles. The van der Waals surface area contributed by atoms with Crippen LogP contribution in [0, 0.1) is 0 Å². The highest BCUT2D eigenvalue weighted by Gasteiger charge is 2.40. The quantitative estimate of drug-likeness (QED) is 0.784. The molecule has 1 aliphatic rings. The zero-order valence-electron chi connectivity index (χ0n) is 12.5. The molecule has 0 aromatic heterocycles. The van der Waals surface area contributed by atoms with Crippen molar-refractivity contribution in [3.05, 3.63) is 64.2 Å². The Hall–Kier alpha value is -2.00. The van der Waals surface area contributed by atoms with Crippen LogP contribution in [0.15, 0.2) is 42.5 Å². The summed E-state index contributed by atoms with van der Waals surface area (Å²) in [6, 6.07) is 13.4. The maximum atomic E-state index is 11.6. The number of ether oxygens (including phenoxy) is 2. The Morgan fingerprint density at radius 1 is 1.14 bits per heavy atom. The van der Waals surface area contributed by atoms with Gasteiger partial charge in [0, 0.05) is 5.02 Å². The fourth-order valence-corrected chi connectivity index (χ4v) is 3.17. The first-order valence-corrected chi connectivity index (χ1v) is 7.53. The molecule has 2 unspecified atom stereocenters. The van der Waals surface area contributed by atoms with E-state index in [1.165, 1.54) is 7.11 Å². The van der Waals surface area contributed by atoms with Crippen LogP contribution in [0.1, 0.15) is 39.7 Å². The van der Waals surface area contributed by atoms with Crippen LogP contribution in [-0.4, -0.2) is 20.2 Å². The van der Waals surface area contributed by atoms with Crippen molar-refractivity contribution < 1.29 is 14.3 Å². The molecule has 2 atom stereocenters. The molecule has 0 aliphatic heterocycles. The summed E-state index contributed by atoms with van der Waals surface area (Å²) in [6.45, 7) is 0. The van der Waals surface area contributed by atoms with Gasteiger partial charge in [-0.15, -0.1) is 0 Å². The summed E-state index contributed by atoms with van der Waals surface area (Å²) in [4.78, 5) is 11.6. The van der Waals surface area contributed by atoms with Gasteiger partial charge in [0.05, 0.1) is 19.8 Å². The highest BCUT2D eigenvalue weighted by atomic mass is 35.5. The highest BCUT2D eigenvalue weighted by Crippen LogP contribution is 2.56. The number of methoxy groups -OCH3 is 2. The molecule has 22 heavy (non-hydrogen) atoms. The molecule has 1 aliphatic carbocycles. The zero-order chi connectivity index (χ0) is 15.7. The monoisotopic (exact) mass is 316 g/mol. The molecule has 0 heterocycles. The third kappa shape index (κ3) is 2.81. The minimum atomic E-state index is -0.304. The SMILES string of the molecule is COC(=O)c1cccc(C2CC2c2ccc(OC)cc2Cl)c1.